The van der Waals surface area contributed by atoms with Crippen molar-refractivity contribution >= 4 is 29.0 Å². The molecule has 0 heterocycles. The summed E-state index contributed by atoms with van der Waals surface area (Å²) >= 11 is 5.50. The van der Waals surface area contributed by atoms with Crippen molar-refractivity contribution in [1.29, 1.82) is 0 Å². The molecule has 2 aromatic rings. The number of hydrogen-bond donors (Lipinski definition) is 2. The van der Waals surface area contributed by atoms with Crippen LogP contribution in [0.1, 0.15) is 52.0 Å². The number of anilines is 1. The topological polar surface area (TPSA) is 50.4 Å². The van der Waals surface area contributed by atoms with Crippen molar-refractivity contribution in [3.05, 3.63) is 64.2 Å². The second-order valence-electron chi connectivity index (χ2n) is 6.37. The van der Waals surface area contributed by atoms with Crippen LogP contribution in [-0.2, 0) is 4.74 Å². The Balaban J connectivity index is 2.14. The first-order valence-corrected chi connectivity index (χ1v) is 9.10. The van der Waals surface area contributed by atoms with Crippen LogP contribution in [0, 0.1) is 20.8 Å². The number of carbonyl (C=O) groups is 1. The fraction of sp³-hybridized carbons (Fsp3) is 0.333. The summed E-state index contributed by atoms with van der Waals surface area (Å²) in [5, 5.41) is 7.10. The third-order valence-corrected chi connectivity index (χ3v) is 4.85. The van der Waals surface area contributed by atoms with E-state index in [1.807, 2.05) is 19.1 Å². The third kappa shape index (κ3) is 4.61. The van der Waals surface area contributed by atoms with Crippen molar-refractivity contribution < 1.29 is 9.53 Å². The Morgan fingerprint density at radius 3 is 2.50 bits per heavy atom. The molecule has 4 nitrogen and oxygen atoms in total. The molecule has 2 aromatic carbocycles. The number of ether oxygens (including phenoxy) is 1. The van der Waals surface area contributed by atoms with Crippen molar-refractivity contribution in [2.75, 3.05) is 12.4 Å². The standard InChI is InChI=1S/C21H26N2O2S/c1-6-18(16-11-10-13(2)14(3)12-16)22-21(26)23-19-9-7-8-17(15(19)4)20(24)25-5/h7-12,18H,6H2,1-5H3,(H2,22,23,26). The van der Waals surface area contributed by atoms with Gasteiger partial charge < -0.3 is 15.4 Å². The summed E-state index contributed by atoms with van der Waals surface area (Å²) in [6, 6.07) is 12.0. The van der Waals surface area contributed by atoms with E-state index in [-0.39, 0.29) is 12.0 Å². The van der Waals surface area contributed by atoms with Gasteiger partial charge in [0.15, 0.2) is 5.11 Å². The van der Waals surface area contributed by atoms with Gasteiger partial charge in [-0.05, 0) is 73.8 Å². The molecular formula is C21H26N2O2S. The molecule has 2 rings (SSSR count). The maximum Gasteiger partial charge on any atom is 0.338 e. The average molecular weight is 371 g/mol. The molecular weight excluding hydrogens is 344 g/mol. The van der Waals surface area contributed by atoms with E-state index in [0.29, 0.717) is 10.7 Å². The number of methoxy groups -OCH3 is 1. The smallest absolute Gasteiger partial charge is 0.338 e. The lowest BCUT2D eigenvalue weighted by molar-refractivity contribution is 0.0600. The Kier molecular flexibility index (Phi) is 6.75. The van der Waals surface area contributed by atoms with Crippen LogP contribution in [0.15, 0.2) is 36.4 Å². The minimum absolute atomic E-state index is 0.124. The van der Waals surface area contributed by atoms with Crippen molar-refractivity contribution in [2.45, 2.75) is 40.2 Å². The van der Waals surface area contributed by atoms with E-state index in [2.05, 4.69) is 49.6 Å². The molecule has 0 saturated carbocycles. The molecule has 138 valence electrons. The lowest BCUT2D eigenvalue weighted by atomic mass is 9.99. The van der Waals surface area contributed by atoms with Crippen LogP contribution in [0.25, 0.3) is 0 Å². The lowest BCUT2D eigenvalue weighted by Crippen LogP contribution is -2.32. The van der Waals surface area contributed by atoms with E-state index in [0.717, 1.165) is 17.7 Å². The molecule has 0 spiro atoms. The first kappa shape index (κ1) is 19.9. The van der Waals surface area contributed by atoms with Crippen LogP contribution in [0.3, 0.4) is 0 Å². The summed E-state index contributed by atoms with van der Waals surface area (Å²) in [4.78, 5) is 11.8. The van der Waals surface area contributed by atoms with E-state index in [1.54, 1.807) is 6.07 Å². The van der Waals surface area contributed by atoms with E-state index in [1.165, 1.54) is 23.8 Å². The number of benzene rings is 2. The largest absolute Gasteiger partial charge is 0.465 e. The van der Waals surface area contributed by atoms with Crippen LogP contribution >= 0.6 is 12.2 Å². The predicted octanol–water partition coefficient (Wildman–Crippen LogP) is 4.84. The highest BCUT2D eigenvalue weighted by atomic mass is 32.1. The molecule has 0 amide bonds. The average Bonchev–Trinajstić information content (AvgIpc) is 2.63. The number of rotatable bonds is 5. The number of nitrogens with one attached hydrogen (secondary N) is 2. The molecule has 0 saturated heterocycles. The number of esters is 1. The maximum absolute atomic E-state index is 11.8. The van der Waals surface area contributed by atoms with Gasteiger partial charge in [-0.25, -0.2) is 4.79 Å². The third-order valence-electron chi connectivity index (χ3n) is 4.63. The number of thiocarbonyl (C=S) groups is 1. The zero-order valence-corrected chi connectivity index (χ0v) is 16.8. The minimum atomic E-state index is -0.355. The Hall–Kier alpha value is -2.40. The second-order valence-corrected chi connectivity index (χ2v) is 6.78. The summed E-state index contributed by atoms with van der Waals surface area (Å²) in [5.41, 5.74) is 5.88. The molecule has 0 aliphatic carbocycles. The summed E-state index contributed by atoms with van der Waals surface area (Å²) < 4.78 is 4.82. The fourth-order valence-corrected chi connectivity index (χ4v) is 3.07. The van der Waals surface area contributed by atoms with Crippen molar-refractivity contribution in [1.82, 2.24) is 5.32 Å². The maximum atomic E-state index is 11.8. The monoisotopic (exact) mass is 370 g/mol. The van der Waals surface area contributed by atoms with Gasteiger partial charge in [-0.1, -0.05) is 31.2 Å². The van der Waals surface area contributed by atoms with Gasteiger partial charge in [0.1, 0.15) is 0 Å². The summed E-state index contributed by atoms with van der Waals surface area (Å²) in [5.74, 6) is -0.355. The lowest BCUT2D eigenvalue weighted by Gasteiger charge is -2.21. The van der Waals surface area contributed by atoms with Crippen LogP contribution in [0.4, 0.5) is 5.69 Å². The molecule has 1 atom stereocenters. The van der Waals surface area contributed by atoms with Gasteiger partial charge in [-0.3, -0.25) is 0 Å². The predicted molar refractivity (Wildman–Crippen MR) is 111 cm³/mol. The zero-order chi connectivity index (χ0) is 19.3. The van der Waals surface area contributed by atoms with Gasteiger partial charge >= 0.3 is 5.97 Å². The van der Waals surface area contributed by atoms with Crippen LogP contribution in [0.2, 0.25) is 0 Å². The van der Waals surface area contributed by atoms with Crippen LogP contribution in [0.5, 0.6) is 0 Å². The van der Waals surface area contributed by atoms with E-state index in [9.17, 15) is 4.79 Å². The fourth-order valence-electron chi connectivity index (χ4n) is 2.82. The highest BCUT2D eigenvalue weighted by Crippen LogP contribution is 2.22. The second kappa shape index (κ2) is 8.81. The Morgan fingerprint density at radius 2 is 1.88 bits per heavy atom. The van der Waals surface area contributed by atoms with Crippen molar-refractivity contribution in [3.63, 3.8) is 0 Å². The Bertz CT molecular complexity index is 818. The number of aryl methyl sites for hydroxylation is 2. The molecule has 0 radical (unpaired) electrons. The van der Waals surface area contributed by atoms with Crippen LogP contribution in [-0.4, -0.2) is 18.2 Å². The van der Waals surface area contributed by atoms with E-state index in [4.69, 9.17) is 17.0 Å². The summed E-state index contributed by atoms with van der Waals surface area (Å²) in [7, 11) is 1.38. The van der Waals surface area contributed by atoms with Gasteiger partial charge in [0, 0.05) is 5.69 Å². The molecule has 26 heavy (non-hydrogen) atoms. The molecule has 0 aromatic heterocycles. The van der Waals surface area contributed by atoms with Crippen LogP contribution < -0.4 is 10.6 Å². The van der Waals surface area contributed by atoms with Gasteiger partial charge in [-0.15, -0.1) is 0 Å². The van der Waals surface area contributed by atoms with Gasteiger partial charge in [0.2, 0.25) is 0 Å². The molecule has 0 fully saturated rings. The quantitative estimate of drug-likeness (QED) is 0.583. The van der Waals surface area contributed by atoms with Crippen molar-refractivity contribution in [3.8, 4) is 0 Å². The molecule has 0 aliphatic rings. The van der Waals surface area contributed by atoms with Crippen molar-refractivity contribution in [2.24, 2.45) is 0 Å². The SMILES string of the molecule is CCC(NC(=S)Nc1cccc(C(=O)OC)c1C)c1ccc(C)c(C)c1. The normalized spacial score (nSPS) is 11.6. The Labute approximate surface area is 161 Å². The first-order valence-electron chi connectivity index (χ1n) is 8.70. The Morgan fingerprint density at radius 1 is 1.15 bits per heavy atom. The van der Waals surface area contributed by atoms with E-state index < -0.39 is 0 Å². The van der Waals surface area contributed by atoms with Gasteiger partial charge in [0.05, 0.1) is 18.7 Å². The molecule has 0 aliphatic heterocycles. The zero-order valence-electron chi connectivity index (χ0n) is 16.0. The molecule has 1 unspecified atom stereocenters. The highest BCUT2D eigenvalue weighted by molar-refractivity contribution is 7.80. The minimum Gasteiger partial charge on any atom is -0.465 e. The number of carbonyl (C=O) groups excluding carboxylic acids is 1. The summed E-state index contributed by atoms with van der Waals surface area (Å²) in [6.45, 7) is 8.22. The summed E-state index contributed by atoms with van der Waals surface area (Å²) in [6.07, 6.45) is 0.908. The molecule has 5 heteroatoms. The first-order chi connectivity index (χ1) is 12.4. The highest BCUT2D eigenvalue weighted by Gasteiger charge is 2.15. The molecule has 2 N–H and O–H groups in total. The van der Waals surface area contributed by atoms with E-state index >= 15 is 0 Å². The molecule has 0 bridgehead atoms. The van der Waals surface area contributed by atoms with Gasteiger partial charge in [0.25, 0.3) is 0 Å². The number of hydrogen-bond acceptors (Lipinski definition) is 3. The van der Waals surface area contributed by atoms with Gasteiger partial charge in [-0.2, -0.15) is 0 Å².